The molecule has 0 spiro atoms. The number of benzene rings is 1. The van der Waals surface area contributed by atoms with Gasteiger partial charge in [0.25, 0.3) is 0 Å². The highest BCUT2D eigenvalue weighted by atomic mass is 35.5. The van der Waals surface area contributed by atoms with Gasteiger partial charge in [0.1, 0.15) is 0 Å². The third kappa shape index (κ3) is 8.60. The summed E-state index contributed by atoms with van der Waals surface area (Å²) in [7, 11) is 0. The number of nitrogens with one attached hydrogen (secondary N) is 1. The summed E-state index contributed by atoms with van der Waals surface area (Å²) in [5, 5.41) is 3.55. The van der Waals surface area contributed by atoms with Crippen LogP contribution in [0.1, 0.15) is 69.2 Å². The van der Waals surface area contributed by atoms with E-state index in [2.05, 4.69) is 24.4 Å². The van der Waals surface area contributed by atoms with E-state index in [4.69, 9.17) is 11.6 Å². The van der Waals surface area contributed by atoms with Crippen molar-refractivity contribution >= 4 is 11.6 Å². The van der Waals surface area contributed by atoms with Crippen molar-refractivity contribution in [2.45, 2.75) is 63.7 Å². The molecule has 1 rings (SSSR count). The minimum absolute atomic E-state index is 0.0882. The maximum atomic E-state index is 6.35. The minimum atomic E-state index is 0.0882. The van der Waals surface area contributed by atoms with Crippen LogP contribution in [-0.4, -0.2) is 13.1 Å². The van der Waals surface area contributed by atoms with Crippen molar-refractivity contribution in [1.82, 2.24) is 5.32 Å². The summed E-state index contributed by atoms with van der Waals surface area (Å²) in [6.07, 6.45) is 11.0. The van der Waals surface area contributed by atoms with Crippen LogP contribution in [-0.2, 0) is 0 Å². The van der Waals surface area contributed by atoms with Crippen LogP contribution in [0.3, 0.4) is 0 Å². The second-order valence-electron chi connectivity index (χ2n) is 5.56. The van der Waals surface area contributed by atoms with E-state index in [9.17, 15) is 0 Å². The quantitative estimate of drug-likeness (QED) is 0.385. The molecule has 0 aliphatic carbocycles. The molecule has 1 N–H and O–H groups in total. The van der Waals surface area contributed by atoms with E-state index in [1.54, 1.807) is 0 Å². The second-order valence-corrected chi connectivity index (χ2v) is 6.08. The molecule has 114 valence electrons. The zero-order valence-corrected chi connectivity index (χ0v) is 13.7. The van der Waals surface area contributed by atoms with E-state index >= 15 is 0 Å². The van der Waals surface area contributed by atoms with Crippen LogP contribution in [0, 0.1) is 0 Å². The van der Waals surface area contributed by atoms with Gasteiger partial charge in [-0.25, -0.2) is 0 Å². The molecule has 0 fully saturated rings. The van der Waals surface area contributed by atoms with Crippen LogP contribution in [0.4, 0.5) is 0 Å². The first-order chi connectivity index (χ1) is 9.84. The SMILES string of the molecule is CCCCCCCCCCNCC(Cl)c1ccccc1. The third-order valence-electron chi connectivity index (χ3n) is 3.69. The third-order valence-corrected chi connectivity index (χ3v) is 4.10. The summed E-state index contributed by atoms with van der Waals surface area (Å²) >= 11 is 6.35. The summed E-state index contributed by atoms with van der Waals surface area (Å²) < 4.78 is 0. The van der Waals surface area contributed by atoms with Gasteiger partial charge in [0.2, 0.25) is 0 Å². The van der Waals surface area contributed by atoms with Crippen molar-refractivity contribution in [2.24, 2.45) is 0 Å². The highest BCUT2D eigenvalue weighted by molar-refractivity contribution is 6.21. The highest BCUT2D eigenvalue weighted by Gasteiger charge is 2.05. The fourth-order valence-electron chi connectivity index (χ4n) is 2.39. The van der Waals surface area contributed by atoms with Crippen LogP contribution in [0.15, 0.2) is 30.3 Å². The highest BCUT2D eigenvalue weighted by Crippen LogP contribution is 2.18. The van der Waals surface area contributed by atoms with Crippen molar-refractivity contribution in [2.75, 3.05) is 13.1 Å². The lowest BCUT2D eigenvalue weighted by Crippen LogP contribution is -2.20. The first kappa shape index (κ1) is 17.5. The van der Waals surface area contributed by atoms with Crippen LogP contribution >= 0.6 is 11.6 Å². The molecule has 1 aromatic rings. The molecule has 0 saturated heterocycles. The van der Waals surface area contributed by atoms with Crippen molar-refractivity contribution in [3.63, 3.8) is 0 Å². The van der Waals surface area contributed by atoms with Gasteiger partial charge in [-0.15, -0.1) is 11.6 Å². The molecule has 0 aliphatic heterocycles. The Morgan fingerprint density at radius 2 is 1.50 bits per heavy atom. The summed E-state index contributed by atoms with van der Waals surface area (Å²) in [5.74, 6) is 0. The van der Waals surface area contributed by atoms with Crippen molar-refractivity contribution in [3.05, 3.63) is 35.9 Å². The van der Waals surface area contributed by atoms with Gasteiger partial charge in [0.15, 0.2) is 0 Å². The lowest BCUT2D eigenvalue weighted by molar-refractivity contribution is 0.554. The Balaban J connectivity index is 1.90. The van der Waals surface area contributed by atoms with Crippen LogP contribution in [0.25, 0.3) is 0 Å². The topological polar surface area (TPSA) is 12.0 Å². The average Bonchev–Trinajstić information content (AvgIpc) is 2.50. The Bertz CT molecular complexity index is 312. The number of hydrogen-bond donors (Lipinski definition) is 1. The van der Waals surface area contributed by atoms with E-state index in [0.717, 1.165) is 13.1 Å². The lowest BCUT2D eigenvalue weighted by Gasteiger charge is -2.11. The molecule has 1 aromatic carbocycles. The van der Waals surface area contributed by atoms with Crippen LogP contribution in [0.5, 0.6) is 0 Å². The Morgan fingerprint density at radius 3 is 2.15 bits per heavy atom. The maximum Gasteiger partial charge on any atom is 0.0709 e. The number of unbranched alkanes of at least 4 members (excludes halogenated alkanes) is 7. The van der Waals surface area contributed by atoms with Gasteiger partial charge >= 0.3 is 0 Å². The monoisotopic (exact) mass is 295 g/mol. The second kappa shape index (κ2) is 12.2. The standard InChI is InChI=1S/C18H30ClN/c1-2-3-4-5-6-7-8-12-15-20-16-18(19)17-13-10-9-11-14-17/h9-11,13-14,18,20H,2-8,12,15-16H2,1H3. The molecule has 0 aromatic heterocycles. The van der Waals surface area contributed by atoms with E-state index in [0.29, 0.717) is 0 Å². The Hall–Kier alpha value is -0.530. The number of halogens is 1. The predicted molar refractivity (Wildman–Crippen MR) is 90.5 cm³/mol. The molecule has 0 aliphatic rings. The van der Waals surface area contributed by atoms with Gasteiger partial charge in [0.05, 0.1) is 5.38 Å². The van der Waals surface area contributed by atoms with Gasteiger partial charge in [-0.2, -0.15) is 0 Å². The molecule has 1 nitrogen and oxygen atoms in total. The average molecular weight is 296 g/mol. The van der Waals surface area contributed by atoms with Crippen LogP contribution in [0.2, 0.25) is 0 Å². The van der Waals surface area contributed by atoms with Gasteiger partial charge in [-0.1, -0.05) is 82.2 Å². The molecule has 20 heavy (non-hydrogen) atoms. The molecular weight excluding hydrogens is 266 g/mol. The van der Waals surface area contributed by atoms with E-state index in [1.165, 1.54) is 56.9 Å². The molecule has 0 amide bonds. The molecule has 2 heteroatoms. The Morgan fingerprint density at radius 1 is 0.900 bits per heavy atom. The number of hydrogen-bond acceptors (Lipinski definition) is 1. The van der Waals surface area contributed by atoms with E-state index < -0.39 is 0 Å². The zero-order chi connectivity index (χ0) is 14.5. The van der Waals surface area contributed by atoms with E-state index in [1.807, 2.05) is 18.2 Å². The fraction of sp³-hybridized carbons (Fsp3) is 0.667. The molecule has 0 heterocycles. The summed E-state index contributed by atoms with van der Waals surface area (Å²) in [5.41, 5.74) is 1.21. The minimum Gasteiger partial charge on any atom is -0.315 e. The molecule has 0 radical (unpaired) electrons. The number of rotatable bonds is 12. The zero-order valence-electron chi connectivity index (χ0n) is 12.9. The summed E-state index contributed by atoms with van der Waals surface area (Å²) in [6, 6.07) is 10.3. The predicted octanol–water partition coefficient (Wildman–Crippen LogP) is 5.70. The Labute approximate surface area is 130 Å². The molecule has 0 bridgehead atoms. The molecule has 1 atom stereocenters. The first-order valence-electron chi connectivity index (χ1n) is 8.24. The smallest absolute Gasteiger partial charge is 0.0709 e. The Kier molecular flexibility index (Phi) is 10.7. The van der Waals surface area contributed by atoms with Crippen molar-refractivity contribution in [3.8, 4) is 0 Å². The molecular formula is C18H30ClN. The van der Waals surface area contributed by atoms with Crippen molar-refractivity contribution in [1.29, 1.82) is 0 Å². The first-order valence-corrected chi connectivity index (χ1v) is 8.68. The normalized spacial score (nSPS) is 12.5. The fourth-order valence-corrected chi connectivity index (χ4v) is 2.65. The lowest BCUT2D eigenvalue weighted by atomic mass is 10.1. The van der Waals surface area contributed by atoms with Gasteiger partial charge in [0, 0.05) is 6.54 Å². The largest absolute Gasteiger partial charge is 0.315 e. The molecule has 1 unspecified atom stereocenters. The summed E-state index contributed by atoms with van der Waals surface area (Å²) in [4.78, 5) is 0. The summed E-state index contributed by atoms with van der Waals surface area (Å²) in [6.45, 7) is 4.22. The van der Waals surface area contributed by atoms with Gasteiger partial charge < -0.3 is 5.32 Å². The van der Waals surface area contributed by atoms with Gasteiger partial charge in [-0.05, 0) is 18.5 Å². The maximum absolute atomic E-state index is 6.35. The van der Waals surface area contributed by atoms with E-state index in [-0.39, 0.29) is 5.38 Å². The van der Waals surface area contributed by atoms with Crippen molar-refractivity contribution < 1.29 is 0 Å². The molecule has 0 saturated carbocycles. The van der Waals surface area contributed by atoms with Crippen LogP contribution < -0.4 is 5.32 Å². The van der Waals surface area contributed by atoms with Gasteiger partial charge in [-0.3, -0.25) is 0 Å². The number of alkyl halides is 1.